The van der Waals surface area contributed by atoms with Gasteiger partial charge in [-0.2, -0.15) is 0 Å². The fourth-order valence-electron chi connectivity index (χ4n) is 2.63. The minimum atomic E-state index is -1.13. The Balaban J connectivity index is 2.15. The summed E-state index contributed by atoms with van der Waals surface area (Å²) in [4.78, 5) is 15.9. The number of nitrogens with zero attached hydrogens (tertiary/aromatic N) is 2. The lowest BCUT2D eigenvalue weighted by atomic mass is 9.92. The molecular weight excluding hydrogens is 297 g/mol. The molecule has 0 aliphatic carbocycles. The van der Waals surface area contributed by atoms with E-state index in [-0.39, 0.29) is 30.8 Å². The number of rotatable bonds is 1. The second-order valence-electron chi connectivity index (χ2n) is 4.99. The van der Waals surface area contributed by atoms with Gasteiger partial charge in [0.25, 0.3) is 0 Å². The number of fused-ring (bicyclic) bond motifs is 1. The van der Waals surface area contributed by atoms with Gasteiger partial charge in [0.1, 0.15) is 17.3 Å². The van der Waals surface area contributed by atoms with Crippen molar-refractivity contribution in [2.75, 3.05) is 6.54 Å². The van der Waals surface area contributed by atoms with Crippen LogP contribution in [-0.2, 0) is 13.0 Å². The van der Waals surface area contributed by atoms with Gasteiger partial charge in [-0.25, -0.2) is 18.0 Å². The third-order valence-corrected chi connectivity index (χ3v) is 3.69. The number of halogens is 3. The largest absolute Gasteiger partial charge is 0.465 e. The zero-order chi connectivity index (χ0) is 15.9. The standard InChI is InChI=1S/C15H11F3N2O2/c16-8-5-13(18)14(19-6-8)10-1-2-12(17)9-3-4-20(15(21)22)7-11(9)10/h1-2,5-6H,3-4,7H2,(H,21,22). The molecule has 2 heterocycles. The SMILES string of the molecule is O=C(O)N1CCc2c(F)ccc(-c3ncc(F)cc3F)c2C1. The molecule has 7 heteroatoms. The molecule has 0 radical (unpaired) electrons. The van der Waals surface area contributed by atoms with Crippen LogP contribution >= 0.6 is 0 Å². The van der Waals surface area contributed by atoms with Crippen LogP contribution in [0.3, 0.4) is 0 Å². The van der Waals surface area contributed by atoms with Crippen LogP contribution in [0.5, 0.6) is 0 Å². The second kappa shape index (κ2) is 5.32. The van der Waals surface area contributed by atoms with E-state index in [0.29, 0.717) is 17.2 Å². The molecule has 4 nitrogen and oxygen atoms in total. The van der Waals surface area contributed by atoms with Gasteiger partial charge < -0.3 is 10.0 Å². The lowest BCUT2D eigenvalue weighted by Gasteiger charge is -2.28. The van der Waals surface area contributed by atoms with E-state index in [1.54, 1.807) is 0 Å². The molecule has 1 aliphatic rings. The molecule has 0 unspecified atom stereocenters. The Labute approximate surface area is 123 Å². The molecule has 2 aromatic rings. The molecule has 1 aliphatic heterocycles. The molecule has 0 fully saturated rings. The smallest absolute Gasteiger partial charge is 0.407 e. The Morgan fingerprint density at radius 1 is 1.18 bits per heavy atom. The Morgan fingerprint density at radius 2 is 1.95 bits per heavy atom. The van der Waals surface area contributed by atoms with E-state index in [4.69, 9.17) is 5.11 Å². The Kier molecular flexibility index (Phi) is 3.48. The first-order chi connectivity index (χ1) is 10.5. The van der Waals surface area contributed by atoms with Crippen LogP contribution in [0, 0.1) is 17.5 Å². The highest BCUT2D eigenvalue weighted by Crippen LogP contribution is 2.32. The van der Waals surface area contributed by atoms with Crippen LogP contribution < -0.4 is 0 Å². The number of amides is 1. The highest BCUT2D eigenvalue weighted by Gasteiger charge is 2.26. The van der Waals surface area contributed by atoms with E-state index >= 15 is 0 Å². The van der Waals surface area contributed by atoms with Gasteiger partial charge in [0.2, 0.25) is 0 Å². The van der Waals surface area contributed by atoms with E-state index in [1.165, 1.54) is 12.1 Å². The molecule has 0 bridgehead atoms. The van der Waals surface area contributed by atoms with Gasteiger partial charge in [-0.3, -0.25) is 4.98 Å². The van der Waals surface area contributed by atoms with Crippen molar-refractivity contribution in [2.45, 2.75) is 13.0 Å². The van der Waals surface area contributed by atoms with Crippen LogP contribution in [0.25, 0.3) is 11.3 Å². The van der Waals surface area contributed by atoms with Gasteiger partial charge in [0.15, 0.2) is 5.82 Å². The van der Waals surface area contributed by atoms with Crippen LogP contribution in [0.15, 0.2) is 24.4 Å². The first-order valence-corrected chi connectivity index (χ1v) is 6.57. The number of hydrogen-bond acceptors (Lipinski definition) is 2. The van der Waals surface area contributed by atoms with Crippen molar-refractivity contribution in [3.8, 4) is 11.3 Å². The quantitative estimate of drug-likeness (QED) is 0.880. The minimum absolute atomic E-state index is 0.0593. The predicted molar refractivity (Wildman–Crippen MR) is 71.7 cm³/mol. The van der Waals surface area contributed by atoms with E-state index < -0.39 is 23.5 Å². The van der Waals surface area contributed by atoms with Crippen molar-refractivity contribution in [1.29, 1.82) is 0 Å². The summed E-state index contributed by atoms with van der Waals surface area (Å²) in [6.45, 7) is 0.109. The number of hydrogen-bond donors (Lipinski definition) is 1. The summed E-state index contributed by atoms with van der Waals surface area (Å²) in [5.74, 6) is -2.16. The van der Waals surface area contributed by atoms with E-state index in [1.807, 2.05) is 0 Å². The summed E-state index contributed by atoms with van der Waals surface area (Å²) in [5.41, 5.74) is 0.872. The van der Waals surface area contributed by atoms with Crippen molar-refractivity contribution >= 4 is 6.09 Å². The molecule has 3 rings (SSSR count). The lowest BCUT2D eigenvalue weighted by molar-refractivity contribution is 0.139. The molecule has 0 atom stereocenters. The molecule has 1 aromatic carbocycles. The third-order valence-electron chi connectivity index (χ3n) is 3.69. The second-order valence-corrected chi connectivity index (χ2v) is 4.99. The number of carboxylic acid groups (broad SMARTS) is 1. The molecule has 22 heavy (non-hydrogen) atoms. The minimum Gasteiger partial charge on any atom is -0.465 e. The number of aromatic nitrogens is 1. The summed E-state index contributed by atoms with van der Waals surface area (Å²) in [5, 5.41) is 9.08. The van der Waals surface area contributed by atoms with E-state index in [2.05, 4.69) is 4.98 Å². The van der Waals surface area contributed by atoms with Crippen LogP contribution in [0.4, 0.5) is 18.0 Å². The summed E-state index contributed by atoms with van der Waals surface area (Å²) in [6, 6.07) is 3.22. The summed E-state index contributed by atoms with van der Waals surface area (Å²) in [6.07, 6.45) is -0.0656. The maximum atomic E-state index is 13.9. The third kappa shape index (κ3) is 2.38. The van der Waals surface area contributed by atoms with E-state index in [0.717, 1.165) is 11.1 Å². The highest BCUT2D eigenvalue weighted by molar-refractivity contribution is 5.70. The van der Waals surface area contributed by atoms with E-state index in [9.17, 15) is 18.0 Å². The van der Waals surface area contributed by atoms with Gasteiger partial charge in [0, 0.05) is 18.2 Å². The average molecular weight is 308 g/mol. The highest BCUT2D eigenvalue weighted by atomic mass is 19.1. The van der Waals surface area contributed by atoms with Gasteiger partial charge in [-0.05, 0) is 29.7 Å². The molecule has 114 valence electrons. The topological polar surface area (TPSA) is 53.4 Å². The number of benzene rings is 1. The Hall–Kier alpha value is -2.57. The fourth-order valence-corrected chi connectivity index (χ4v) is 2.63. The number of carbonyl (C=O) groups is 1. The molecule has 1 aromatic heterocycles. The normalized spacial score (nSPS) is 13.9. The molecule has 0 spiro atoms. The number of pyridine rings is 1. The van der Waals surface area contributed by atoms with Gasteiger partial charge in [-0.1, -0.05) is 0 Å². The molecular formula is C15H11F3N2O2. The molecule has 0 saturated heterocycles. The monoisotopic (exact) mass is 308 g/mol. The average Bonchev–Trinajstić information content (AvgIpc) is 2.48. The van der Waals surface area contributed by atoms with Gasteiger partial charge in [0.05, 0.1) is 12.7 Å². The van der Waals surface area contributed by atoms with Crippen molar-refractivity contribution in [1.82, 2.24) is 9.88 Å². The lowest BCUT2D eigenvalue weighted by Crippen LogP contribution is -2.35. The Bertz CT molecular complexity index is 765. The molecule has 1 amide bonds. The summed E-state index contributed by atoms with van der Waals surface area (Å²) in [7, 11) is 0. The Morgan fingerprint density at radius 3 is 2.64 bits per heavy atom. The van der Waals surface area contributed by atoms with Crippen molar-refractivity contribution in [3.05, 3.63) is 53.0 Å². The first-order valence-electron chi connectivity index (χ1n) is 6.57. The maximum Gasteiger partial charge on any atom is 0.407 e. The van der Waals surface area contributed by atoms with Crippen molar-refractivity contribution < 1.29 is 23.1 Å². The summed E-state index contributed by atoms with van der Waals surface area (Å²) < 4.78 is 40.8. The molecule has 1 N–H and O–H groups in total. The van der Waals surface area contributed by atoms with Crippen LogP contribution in [-0.4, -0.2) is 27.6 Å². The fraction of sp³-hybridized carbons (Fsp3) is 0.200. The zero-order valence-corrected chi connectivity index (χ0v) is 11.3. The molecule has 0 saturated carbocycles. The van der Waals surface area contributed by atoms with Crippen LogP contribution in [0.1, 0.15) is 11.1 Å². The van der Waals surface area contributed by atoms with Gasteiger partial charge >= 0.3 is 6.09 Å². The van der Waals surface area contributed by atoms with Crippen molar-refractivity contribution in [2.24, 2.45) is 0 Å². The maximum absolute atomic E-state index is 13.9. The van der Waals surface area contributed by atoms with Gasteiger partial charge in [-0.15, -0.1) is 0 Å². The first kappa shape index (κ1) is 14.4. The van der Waals surface area contributed by atoms with Crippen molar-refractivity contribution in [3.63, 3.8) is 0 Å². The van der Waals surface area contributed by atoms with Crippen LogP contribution in [0.2, 0.25) is 0 Å². The zero-order valence-electron chi connectivity index (χ0n) is 11.3. The predicted octanol–water partition coefficient (Wildman–Crippen LogP) is 3.20. The summed E-state index contributed by atoms with van der Waals surface area (Å²) >= 11 is 0.